The fraction of sp³-hybridized carbons (Fsp3) is 0.412. The summed E-state index contributed by atoms with van der Waals surface area (Å²) in [6, 6.07) is 30.1. The van der Waals surface area contributed by atoms with Gasteiger partial charge in [-0.2, -0.15) is 0 Å². The van der Waals surface area contributed by atoms with E-state index in [9.17, 15) is 0 Å². The van der Waals surface area contributed by atoms with E-state index >= 15 is 0 Å². The molecule has 38 heavy (non-hydrogen) atoms. The molecule has 1 N–H and O–H groups in total. The van der Waals surface area contributed by atoms with Crippen LogP contribution in [0.4, 0.5) is 0 Å². The first-order valence-corrected chi connectivity index (χ1v) is 14.7. The lowest BCUT2D eigenvalue weighted by Gasteiger charge is -2.48. The molecule has 3 aromatic carbocycles. The van der Waals surface area contributed by atoms with Crippen LogP contribution >= 0.6 is 0 Å². The largest absolute Gasteiger partial charge is 0.361 e. The molecule has 0 spiro atoms. The molecule has 2 fully saturated rings. The number of piperazine rings is 1. The van der Waals surface area contributed by atoms with Gasteiger partial charge in [-0.05, 0) is 53.6 Å². The Morgan fingerprint density at radius 2 is 1.55 bits per heavy atom. The number of likely N-dealkylation sites (tertiary alicyclic amines) is 1. The lowest BCUT2D eigenvalue weighted by atomic mass is 9.72. The fourth-order valence-electron chi connectivity index (χ4n) is 7.85. The zero-order valence-corrected chi connectivity index (χ0v) is 22.6. The van der Waals surface area contributed by atoms with Crippen LogP contribution in [0.1, 0.15) is 47.6 Å². The van der Waals surface area contributed by atoms with Crippen LogP contribution in [0.15, 0.2) is 85.1 Å². The van der Waals surface area contributed by atoms with E-state index in [2.05, 4.69) is 112 Å². The molecule has 0 amide bonds. The van der Waals surface area contributed by atoms with Crippen molar-refractivity contribution in [2.45, 2.75) is 37.8 Å². The van der Waals surface area contributed by atoms with Gasteiger partial charge in [0.05, 0.1) is 6.04 Å². The molecule has 7 rings (SSSR count). The van der Waals surface area contributed by atoms with Crippen molar-refractivity contribution in [2.24, 2.45) is 5.92 Å². The third-order valence-electron chi connectivity index (χ3n) is 9.59. The van der Waals surface area contributed by atoms with E-state index in [-0.39, 0.29) is 0 Å². The summed E-state index contributed by atoms with van der Waals surface area (Å²) < 4.78 is 0. The van der Waals surface area contributed by atoms with Crippen LogP contribution in [0.3, 0.4) is 0 Å². The predicted molar refractivity (Wildman–Crippen MR) is 157 cm³/mol. The number of nitrogens with one attached hydrogen (secondary N) is 1. The van der Waals surface area contributed by atoms with Gasteiger partial charge in [0.15, 0.2) is 0 Å². The molecule has 2 saturated heterocycles. The number of likely N-dealkylation sites (N-methyl/N-ethyl adjacent to an activating group) is 1. The Kier molecular flexibility index (Phi) is 6.56. The number of hydrogen-bond acceptors (Lipinski definition) is 3. The van der Waals surface area contributed by atoms with E-state index in [0.717, 1.165) is 38.6 Å². The molecule has 4 aromatic rings. The maximum Gasteiger partial charge on any atom is 0.0602 e. The van der Waals surface area contributed by atoms with E-state index in [1.165, 1.54) is 53.5 Å². The van der Waals surface area contributed by atoms with E-state index in [1.54, 1.807) is 5.56 Å². The van der Waals surface area contributed by atoms with Gasteiger partial charge in [0.2, 0.25) is 0 Å². The van der Waals surface area contributed by atoms with Crippen LogP contribution in [0.2, 0.25) is 0 Å². The van der Waals surface area contributed by atoms with E-state index in [1.807, 2.05) is 0 Å². The van der Waals surface area contributed by atoms with Crippen molar-refractivity contribution in [3.8, 4) is 0 Å². The van der Waals surface area contributed by atoms with Gasteiger partial charge in [0, 0.05) is 68.3 Å². The molecular weight excluding hydrogens is 464 g/mol. The van der Waals surface area contributed by atoms with Gasteiger partial charge in [-0.25, -0.2) is 0 Å². The van der Waals surface area contributed by atoms with Gasteiger partial charge >= 0.3 is 0 Å². The van der Waals surface area contributed by atoms with Crippen molar-refractivity contribution in [2.75, 3.05) is 45.8 Å². The van der Waals surface area contributed by atoms with Crippen LogP contribution in [0, 0.1) is 5.92 Å². The summed E-state index contributed by atoms with van der Waals surface area (Å²) in [6.45, 7) is 10.5. The summed E-state index contributed by atoms with van der Waals surface area (Å²) in [4.78, 5) is 11.8. The molecule has 0 unspecified atom stereocenters. The lowest BCUT2D eigenvalue weighted by molar-refractivity contribution is 0.0492. The predicted octanol–water partition coefficient (Wildman–Crippen LogP) is 5.93. The number of rotatable bonds is 6. The molecule has 3 heterocycles. The Balaban J connectivity index is 1.05. The van der Waals surface area contributed by atoms with Gasteiger partial charge in [0.1, 0.15) is 0 Å². The summed E-state index contributed by atoms with van der Waals surface area (Å²) >= 11 is 0. The lowest BCUT2D eigenvalue weighted by Crippen LogP contribution is -2.54. The molecule has 3 atom stereocenters. The number of nitrogens with zero attached hydrogens (tertiary/aromatic N) is 3. The Bertz CT molecular complexity index is 1320. The number of aromatic nitrogens is 1. The third-order valence-corrected chi connectivity index (χ3v) is 9.59. The van der Waals surface area contributed by atoms with E-state index in [0.29, 0.717) is 18.0 Å². The highest BCUT2D eigenvalue weighted by atomic mass is 15.3. The molecule has 1 aromatic heterocycles. The van der Waals surface area contributed by atoms with Crippen molar-refractivity contribution in [3.63, 3.8) is 0 Å². The van der Waals surface area contributed by atoms with Crippen LogP contribution in [-0.2, 0) is 6.42 Å². The highest BCUT2D eigenvalue weighted by Gasteiger charge is 2.40. The van der Waals surface area contributed by atoms with Crippen LogP contribution in [0.5, 0.6) is 0 Å². The highest BCUT2D eigenvalue weighted by molar-refractivity contribution is 5.88. The van der Waals surface area contributed by atoms with Crippen LogP contribution in [0.25, 0.3) is 10.9 Å². The van der Waals surface area contributed by atoms with Crippen molar-refractivity contribution in [3.05, 3.63) is 107 Å². The van der Waals surface area contributed by atoms with Gasteiger partial charge in [0.25, 0.3) is 0 Å². The number of hydrogen-bond donors (Lipinski definition) is 1. The van der Waals surface area contributed by atoms with E-state index < -0.39 is 0 Å². The van der Waals surface area contributed by atoms with Crippen molar-refractivity contribution in [1.82, 2.24) is 19.7 Å². The number of benzene rings is 3. The zero-order chi connectivity index (χ0) is 25.5. The Morgan fingerprint density at radius 1 is 0.842 bits per heavy atom. The zero-order valence-electron chi connectivity index (χ0n) is 22.6. The summed E-state index contributed by atoms with van der Waals surface area (Å²) in [5.41, 5.74) is 7.25. The minimum Gasteiger partial charge on any atom is -0.361 e. The number of fused-ring (bicyclic) bond motifs is 2. The number of H-pyrrole nitrogens is 1. The maximum absolute atomic E-state index is 3.54. The normalized spacial score (nSPS) is 24.6. The monoisotopic (exact) mass is 504 g/mol. The SMILES string of the molecule is CCN1C[C@H](CN2CCN(C(c3ccccc3)c3ccccc3)CC2)C[C@@H]2c3cccc4[nH]cc(c34)C[C@H]21. The maximum atomic E-state index is 3.54. The molecular formula is C34H40N4. The topological polar surface area (TPSA) is 25.5 Å². The second-order valence-electron chi connectivity index (χ2n) is 11.7. The molecule has 0 saturated carbocycles. The molecule has 2 aliphatic heterocycles. The Morgan fingerprint density at radius 3 is 2.24 bits per heavy atom. The second-order valence-corrected chi connectivity index (χ2v) is 11.7. The van der Waals surface area contributed by atoms with Gasteiger partial charge in [-0.3, -0.25) is 9.80 Å². The summed E-state index contributed by atoms with van der Waals surface area (Å²) in [7, 11) is 0. The summed E-state index contributed by atoms with van der Waals surface area (Å²) in [6.07, 6.45) is 4.78. The number of aromatic amines is 1. The first kappa shape index (κ1) is 24.1. The van der Waals surface area contributed by atoms with Crippen molar-refractivity contribution < 1.29 is 0 Å². The minimum atomic E-state index is 0.337. The van der Waals surface area contributed by atoms with Crippen LogP contribution < -0.4 is 0 Å². The molecule has 1 aliphatic carbocycles. The van der Waals surface area contributed by atoms with Crippen molar-refractivity contribution in [1.29, 1.82) is 0 Å². The van der Waals surface area contributed by atoms with Gasteiger partial charge in [-0.1, -0.05) is 79.7 Å². The second kappa shape index (κ2) is 10.3. The standard InChI is InChI=1S/C34H40N4/c1-2-37-24-25(20-30-29-14-9-15-31-33(29)28(22-35-31)21-32(30)37)23-36-16-18-38(19-17-36)34(26-10-5-3-6-11-26)27-12-7-4-8-13-27/h3-15,22,25,30,32,34-35H,2,16-21,23-24H2,1H3/t25-,30+,32+/m0/s1. The molecule has 3 aliphatic rings. The summed E-state index contributed by atoms with van der Waals surface area (Å²) in [5.74, 6) is 1.39. The third kappa shape index (κ3) is 4.39. The molecule has 4 nitrogen and oxygen atoms in total. The fourth-order valence-corrected chi connectivity index (χ4v) is 7.85. The highest BCUT2D eigenvalue weighted by Crippen LogP contribution is 2.45. The van der Waals surface area contributed by atoms with Crippen molar-refractivity contribution >= 4 is 10.9 Å². The molecule has 196 valence electrons. The number of piperidine rings is 1. The van der Waals surface area contributed by atoms with Crippen LogP contribution in [-0.4, -0.2) is 71.5 Å². The molecule has 0 bridgehead atoms. The van der Waals surface area contributed by atoms with Gasteiger partial charge in [-0.15, -0.1) is 0 Å². The van der Waals surface area contributed by atoms with E-state index in [4.69, 9.17) is 0 Å². The minimum absolute atomic E-state index is 0.337. The average Bonchev–Trinajstić information content (AvgIpc) is 3.39. The average molecular weight is 505 g/mol. The smallest absolute Gasteiger partial charge is 0.0602 e. The first-order chi connectivity index (χ1) is 18.8. The summed E-state index contributed by atoms with van der Waals surface area (Å²) in [5, 5.41) is 1.52. The first-order valence-electron chi connectivity index (χ1n) is 14.7. The van der Waals surface area contributed by atoms with Gasteiger partial charge < -0.3 is 9.88 Å². The molecule has 4 heteroatoms. The Hall–Kier alpha value is -2.92. The Labute approximate surface area is 227 Å². The quantitative estimate of drug-likeness (QED) is 0.353. The molecule has 0 radical (unpaired) electrons.